The summed E-state index contributed by atoms with van der Waals surface area (Å²) >= 11 is 0. The lowest BCUT2D eigenvalue weighted by molar-refractivity contribution is -0.124. The maximum absolute atomic E-state index is 12.3. The highest BCUT2D eigenvalue weighted by molar-refractivity contribution is 5.92. The zero-order valence-electron chi connectivity index (χ0n) is 17.2. The summed E-state index contributed by atoms with van der Waals surface area (Å²) in [6.07, 6.45) is 1.64. The first kappa shape index (κ1) is 22.1. The molecule has 0 saturated heterocycles. The normalized spacial score (nSPS) is 11.3. The minimum Gasteiger partial charge on any atom is -0.493 e. The highest BCUT2D eigenvalue weighted by Gasteiger charge is 2.19. The Labute approximate surface area is 170 Å². The van der Waals surface area contributed by atoms with Crippen molar-refractivity contribution in [3.63, 3.8) is 0 Å². The first-order chi connectivity index (χ1) is 14.0. The molecule has 2 aromatic rings. The van der Waals surface area contributed by atoms with Crippen LogP contribution in [0, 0.1) is 0 Å². The molecule has 7 nitrogen and oxygen atoms in total. The standard InChI is InChI=1S/C22H27NO6/c1-15(10-11-16-8-6-5-7-9-16)23-20(24)14-29-22(25)17-12-18(26-2)21(28-4)19(13-17)27-3/h5-9,12-13,15H,10-11,14H2,1-4H3,(H,23,24)/t15-/m0/s1. The maximum atomic E-state index is 12.3. The van der Waals surface area contributed by atoms with Gasteiger partial charge in [-0.25, -0.2) is 4.79 Å². The van der Waals surface area contributed by atoms with E-state index in [0.717, 1.165) is 12.8 Å². The summed E-state index contributed by atoms with van der Waals surface area (Å²) in [6, 6.07) is 13.0. The molecule has 0 aliphatic heterocycles. The van der Waals surface area contributed by atoms with E-state index in [4.69, 9.17) is 18.9 Å². The lowest BCUT2D eigenvalue weighted by Gasteiger charge is -2.15. The molecule has 0 radical (unpaired) electrons. The van der Waals surface area contributed by atoms with Gasteiger partial charge in [-0.1, -0.05) is 30.3 Å². The summed E-state index contributed by atoms with van der Waals surface area (Å²) in [5.41, 5.74) is 1.41. The van der Waals surface area contributed by atoms with E-state index in [1.54, 1.807) is 0 Å². The first-order valence-electron chi connectivity index (χ1n) is 9.28. The van der Waals surface area contributed by atoms with Crippen molar-refractivity contribution in [2.75, 3.05) is 27.9 Å². The SMILES string of the molecule is COc1cc(C(=O)OCC(=O)N[C@@H](C)CCc2ccccc2)cc(OC)c1OC. The van der Waals surface area contributed by atoms with Crippen molar-refractivity contribution in [3.05, 3.63) is 53.6 Å². The average Bonchev–Trinajstić information content (AvgIpc) is 2.75. The number of carbonyl (C=O) groups excluding carboxylic acids is 2. The largest absolute Gasteiger partial charge is 0.493 e. The number of ether oxygens (including phenoxy) is 4. The van der Waals surface area contributed by atoms with Crippen molar-refractivity contribution in [1.82, 2.24) is 5.32 Å². The summed E-state index contributed by atoms with van der Waals surface area (Å²) in [6.45, 7) is 1.55. The number of esters is 1. The Hall–Kier alpha value is -3.22. The third kappa shape index (κ3) is 6.41. The topological polar surface area (TPSA) is 83.1 Å². The van der Waals surface area contributed by atoms with Gasteiger partial charge < -0.3 is 24.3 Å². The summed E-state index contributed by atoms with van der Waals surface area (Å²) in [5.74, 6) is 0.0230. The van der Waals surface area contributed by atoms with Gasteiger partial charge in [0.05, 0.1) is 26.9 Å². The van der Waals surface area contributed by atoms with Crippen LogP contribution >= 0.6 is 0 Å². The maximum Gasteiger partial charge on any atom is 0.338 e. The molecule has 1 amide bonds. The van der Waals surface area contributed by atoms with E-state index in [1.165, 1.54) is 39.0 Å². The van der Waals surface area contributed by atoms with Gasteiger partial charge >= 0.3 is 5.97 Å². The van der Waals surface area contributed by atoms with Gasteiger partial charge in [0.1, 0.15) is 0 Å². The van der Waals surface area contributed by atoms with Crippen LogP contribution in [0.3, 0.4) is 0 Å². The number of amides is 1. The van der Waals surface area contributed by atoms with Crippen molar-refractivity contribution in [1.29, 1.82) is 0 Å². The molecule has 0 unspecified atom stereocenters. The number of nitrogens with one attached hydrogen (secondary N) is 1. The van der Waals surface area contributed by atoms with E-state index < -0.39 is 5.97 Å². The average molecular weight is 401 g/mol. The lowest BCUT2D eigenvalue weighted by Crippen LogP contribution is -2.36. The highest BCUT2D eigenvalue weighted by atomic mass is 16.5. The number of hydrogen-bond acceptors (Lipinski definition) is 6. The van der Waals surface area contributed by atoms with Crippen LogP contribution in [0.2, 0.25) is 0 Å². The monoisotopic (exact) mass is 401 g/mol. The van der Waals surface area contributed by atoms with E-state index in [2.05, 4.69) is 5.32 Å². The smallest absolute Gasteiger partial charge is 0.338 e. The molecule has 7 heteroatoms. The molecule has 29 heavy (non-hydrogen) atoms. The molecule has 2 rings (SSSR count). The molecule has 0 bridgehead atoms. The fraction of sp³-hybridized carbons (Fsp3) is 0.364. The predicted octanol–water partition coefficient (Wildman–Crippen LogP) is 3.01. The number of carbonyl (C=O) groups is 2. The van der Waals surface area contributed by atoms with Crippen LogP contribution in [0.1, 0.15) is 29.3 Å². The van der Waals surface area contributed by atoms with Crippen molar-refractivity contribution in [3.8, 4) is 17.2 Å². The van der Waals surface area contributed by atoms with E-state index in [9.17, 15) is 9.59 Å². The van der Waals surface area contributed by atoms with Crippen LogP contribution in [-0.2, 0) is 16.0 Å². The highest BCUT2D eigenvalue weighted by Crippen LogP contribution is 2.38. The Balaban J connectivity index is 1.87. The molecule has 0 saturated carbocycles. The molecular weight excluding hydrogens is 374 g/mol. The Morgan fingerprint density at radius 3 is 2.14 bits per heavy atom. The van der Waals surface area contributed by atoms with Crippen LogP contribution in [0.25, 0.3) is 0 Å². The predicted molar refractivity (Wildman–Crippen MR) is 109 cm³/mol. The molecule has 156 valence electrons. The van der Waals surface area contributed by atoms with E-state index in [1.807, 2.05) is 37.3 Å². The van der Waals surface area contributed by atoms with Gasteiger partial charge in [-0.2, -0.15) is 0 Å². The minimum absolute atomic E-state index is 0.0393. The molecule has 0 aliphatic rings. The summed E-state index contributed by atoms with van der Waals surface area (Å²) in [7, 11) is 4.38. The Kier molecular flexibility index (Phi) is 8.33. The molecular formula is C22H27NO6. The summed E-state index contributed by atoms with van der Waals surface area (Å²) < 4.78 is 20.8. The van der Waals surface area contributed by atoms with E-state index >= 15 is 0 Å². The molecule has 0 heterocycles. The van der Waals surface area contributed by atoms with E-state index in [0.29, 0.717) is 17.2 Å². The second-order valence-corrected chi connectivity index (χ2v) is 6.48. The molecule has 2 aromatic carbocycles. The van der Waals surface area contributed by atoms with Crippen molar-refractivity contribution >= 4 is 11.9 Å². The zero-order valence-corrected chi connectivity index (χ0v) is 17.2. The zero-order chi connectivity index (χ0) is 21.2. The first-order valence-corrected chi connectivity index (χ1v) is 9.28. The van der Waals surface area contributed by atoms with Crippen molar-refractivity contribution in [2.24, 2.45) is 0 Å². The number of hydrogen-bond donors (Lipinski definition) is 1. The minimum atomic E-state index is -0.656. The van der Waals surface area contributed by atoms with Gasteiger partial charge in [-0.3, -0.25) is 4.79 Å². The van der Waals surface area contributed by atoms with E-state index in [-0.39, 0.29) is 24.1 Å². The van der Waals surface area contributed by atoms with Gasteiger partial charge in [-0.15, -0.1) is 0 Å². The van der Waals surface area contributed by atoms with Crippen LogP contribution in [-0.4, -0.2) is 45.9 Å². The quantitative estimate of drug-likeness (QED) is 0.616. The van der Waals surface area contributed by atoms with Gasteiger partial charge in [-0.05, 0) is 37.5 Å². The third-order valence-electron chi connectivity index (χ3n) is 4.35. The lowest BCUT2D eigenvalue weighted by atomic mass is 10.1. The molecule has 0 aromatic heterocycles. The van der Waals surface area contributed by atoms with Crippen LogP contribution in [0.5, 0.6) is 17.2 Å². The molecule has 1 atom stereocenters. The van der Waals surface area contributed by atoms with Gasteiger partial charge in [0.25, 0.3) is 5.91 Å². The Morgan fingerprint density at radius 1 is 0.966 bits per heavy atom. The summed E-state index contributed by atoms with van der Waals surface area (Å²) in [4.78, 5) is 24.4. The van der Waals surface area contributed by atoms with Crippen molar-refractivity contribution in [2.45, 2.75) is 25.8 Å². The Bertz CT molecular complexity index is 796. The molecule has 1 N–H and O–H groups in total. The summed E-state index contributed by atoms with van der Waals surface area (Å²) in [5, 5.41) is 2.83. The fourth-order valence-electron chi connectivity index (χ4n) is 2.83. The molecule has 0 spiro atoms. The number of methoxy groups -OCH3 is 3. The van der Waals surface area contributed by atoms with Crippen LogP contribution in [0.4, 0.5) is 0 Å². The fourth-order valence-corrected chi connectivity index (χ4v) is 2.83. The Morgan fingerprint density at radius 2 is 1.59 bits per heavy atom. The number of aryl methyl sites for hydroxylation is 1. The van der Waals surface area contributed by atoms with Crippen LogP contribution in [0.15, 0.2) is 42.5 Å². The van der Waals surface area contributed by atoms with Gasteiger partial charge in [0, 0.05) is 6.04 Å². The second kappa shape index (κ2) is 10.9. The number of rotatable bonds is 10. The molecule has 0 aliphatic carbocycles. The second-order valence-electron chi connectivity index (χ2n) is 6.48. The molecule has 0 fully saturated rings. The number of benzene rings is 2. The van der Waals surface area contributed by atoms with Gasteiger partial charge in [0.2, 0.25) is 5.75 Å². The third-order valence-corrected chi connectivity index (χ3v) is 4.35. The van der Waals surface area contributed by atoms with Crippen LogP contribution < -0.4 is 19.5 Å². The van der Waals surface area contributed by atoms with Gasteiger partial charge in [0.15, 0.2) is 18.1 Å². The van der Waals surface area contributed by atoms with Crippen molar-refractivity contribution < 1.29 is 28.5 Å².